The molecule has 3 N–H and O–H groups in total. The molecular formula is C34H34N2O4. The van der Waals surface area contributed by atoms with E-state index in [1.165, 1.54) is 11.1 Å². The number of primary amides is 1. The Morgan fingerprint density at radius 2 is 1.55 bits per heavy atom. The molecule has 5 aromatic rings. The van der Waals surface area contributed by atoms with E-state index in [0.29, 0.717) is 28.6 Å². The lowest BCUT2D eigenvalue weighted by atomic mass is 10.0. The molecule has 0 saturated carbocycles. The molecule has 0 bridgehead atoms. The third kappa shape index (κ3) is 5.86. The Bertz CT molecular complexity index is 1670. The van der Waals surface area contributed by atoms with Crippen molar-refractivity contribution in [3.63, 3.8) is 0 Å². The number of hydrogen-bond donors (Lipinski definition) is 2. The van der Waals surface area contributed by atoms with Gasteiger partial charge in [0, 0.05) is 17.5 Å². The van der Waals surface area contributed by atoms with E-state index in [9.17, 15) is 14.7 Å². The van der Waals surface area contributed by atoms with Gasteiger partial charge in [0.1, 0.15) is 5.75 Å². The number of benzene rings is 4. The molecule has 1 aromatic heterocycles. The average Bonchev–Trinajstić information content (AvgIpc) is 3.26. The van der Waals surface area contributed by atoms with Crippen LogP contribution < -0.4 is 10.5 Å². The minimum absolute atomic E-state index is 0.387. The summed E-state index contributed by atoms with van der Waals surface area (Å²) in [6.45, 7) is 2.27. The summed E-state index contributed by atoms with van der Waals surface area (Å²) in [6, 6.07) is 28.5. The maximum absolute atomic E-state index is 12.5. The predicted molar refractivity (Wildman–Crippen MR) is 159 cm³/mol. The van der Waals surface area contributed by atoms with Crippen LogP contribution in [0.4, 0.5) is 0 Å². The van der Waals surface area contributed by atoms with Crippen molar-refractivity contribution in [2.45, 2.75) is 45.6 Å². The van der Waals surface area contributed by atoms with E-state index in [1.54, 1.807) is 6.07 Å². The quantitative estimate of drug-likeness (QED) is 0.174. The van der Waals surface area contributed by atoms with E-state index < -0.39 is 18.5 Å². The lowest BCUT2D eigenvalue weighted by Crippen LogP contribution is -2.12. The van der Waals surface area contributed by atoms with Crippen molar-refractivity contribution in [3.8, 4) is 5.75 Å². The topological polar surface area (TPSA) is 94.6 Å². The minimum atomic E-state index is -1.06. The maximum Gasteiger partial charge on any atom is 0.341 e. The summed E-state index contributed by atoms with van der Waals surface area (Å²) in [6.07, 6.45) is 4.92. The molecule has 5 rings (SSSR count). The first-order valence-electron chi connectivity index (χ1n) is 13.8. The van der Waals surface area contributed by atoms with E-state index in [2.05, 4.69) is 66.1 Å². The number of fused-ring (bicyclic) bond motifs is 3. The number of nitrogens with two attached hydrogens (primary N) is 1. The van der Waals surface area contributed by atoms with Crippen molar-refractivity contribution in [3.05, 3.63) is 113 Å². The predicted octanol–water partition coefficient (Wildman–Crippen LogP) is 6.73. The third-order valence-corrected chi connectivity index (χ3v) is 7.28. The van der Waals surface area contributed by atoms with Crippen LogP contribution in [-0.4, -0.2) is 28.2 Å². The van der Waals surface area contributed by atoms with Gasteiger partial charge in [0.15, 0.2) is 6.61 Å². The number of carbonyl (C=O) groups is 2. The zero-order valence-corrected chi connectivity index (χ0v) is 22.7. The Morgan fingerprint density at radius 3 is 2.30 bits per heavy atom. The van der Waals surface area contributed by atoms with Gasteiger partial charge in [0.25, 0.3) is 0 Å². The second-order valence-electron chi connectivity index (χ2n) is 10.3. The van der Waals surface area contributed by atoms with Crippen LogP contribution in [-0.2, 0) is 24.2 Å². The van der Waals surface area contributed by atoms with E-state index >= 15 is 0 Å². The van der Waals surface area contributed by atoms with Crippen molar-refractivity contribution in [1.29, 1.82) is 0 Å². The summed E-state index contributed by atoms with van der Waals surface area (Å²) in [7, 11) is 0. The van der Waals surface area contributed by atoms with Crippen molar-refractivity contribution in [1.82, 2.24) is 4.57 Å². The van der Waals surface area contributed by atoms with E-state index in [4.69, 9.17) is 10.5 Å². The molecule has 0 aliphatic heterocycles. The van der Waals surface area contributed by atoms with Crippen LogP contribution in [0.15, 0.2) is 84.9 Å². The molecule has 0 atom stereocenters. The zero-order valence-electron chi connectivity index (χ0n) is 22.7. The smallest absolute Gasteiger partial charge is 0.341 e. The lowest BCUT2D eigenvalue weighted by Gasteiger charge is -2.12. The Morgan fingerprint density at radius 1 is 0.800 bits per heavy atom. The molecule has 6 heteroatoms. The largest absolute Gasteiger partial charge is 0.481 e. The fourth-order valence-corrected chi connectivity index (χ4v) is 5.48. The maximum atomic E-state index is 12.5. The van der Waals surface area contributed by atoms with Gasteiger partial charge in [-0.25, -0.2) is 4.79 Å². The van der Waals surface area contributed by atoms with Gasteiger partial charge in [-0.3, -0.25) is 4.79 Å². The van der Waals surface area contributed by atoms with Crippen LogP contribution in [0, 0.1) is 0 Å². The number of amides is 1. The highest BCUT2D eigenvalue weighted by Crippen LogP contribution is 2.39. The van der Waals surface area contributed by atoms with Gasteiger partial charge in [-0.15, -0.1) is 0 Å². The van der Waals surface area contributed by atoms with Gasteiger partial charge in [-0.05, 0) is 65.8 Å². The van der Waals surface area contributed by atoms with Gasteiger partial charge in [-0.1, -0.05) is 80.4 Å². The molecule has 0 unspecified atom stereocenters. The average molecular weight is 535 g/mol. The second kappa shape index (κ2) is 12.1. The Hall–Kier alpha value is -4.58. The molecule has 0 aliphatic rings. The molecule has 1 amide bonds. The molecule has 40 heavy (non-hydrogen) atoms. The van der Waals surface area contributed by atoms with Crippen molar-refractivity contribution >= 4 is 33.7 Å². The molecule has 1 heterocycles. The number of nitrogens with zero attached hydrogens (tertiary/aromatic N) is 1. The number of carboxylic acid groups (broad SMARTS) is 1. The number of aliphatic carboxylic acids is 1. The lowest BCUT2D eigenvalue weighted by molar-refractivity contribution is -0.139. The molecule has 0 spiro atoms. The van der Waals surface area contributed by atoms with Crippen molar-refractivity contribution in [2.24, 2.45) is 5.73 Å². The first-order valence-corrected chi connectivity index (χ1v) is 13.8. The monoisotopic (exact) mass is 534 g/mol. The number of ether oxygens (including phenoxy) is 1. The molecule has 0 saturated heterocycles. The van der Waals surface area contributed by atoms with Gasteiger partial charge in [0.05, 0.1) is 16.4 Å². The SMILES string of the molecule is CCCCCc1cc(OCC(=O)O)c2c3c(C(N)=O)cccc3n(Cc3cccc(Cc4ccccc4)c3)c2c1. The van der Waals surface area contributed by atoms with E-state index in [-0.39, 0.29) is 0 Å². The molecular weight excluding hydrogens is 500 g/mol. The summed E-state index contributed by atoms with van der Waals surface area (Å²) < 4.78 is 8.04. The van der Waals surface area contributed by atoms with Crippen LogP contribution in [0.1, 0.15) is 58.8 Å². The normalized spacial score (nSPS) is 11.2. The third-order valence-electron chi connectivity index (χ3n) is 7.28. The number of hydrogen-bond acceptors (Lipinski definition) is 3. The molecule has 204 valence electrons. The zero-order chi connectivity index (χ0) is 28.1. The second-order valence-corrected chi connectivity index (χ2v) is 10.3. The Kier molecular flexibility index (Phi) is 8.15. The van der Waals surface area contributed by atoms with Crippen LogP contribution in [0.3, 0.4) is 0 Å². The molecule has 0 fully saturated rings. The summed E-state index contributed by atoms with van der Waals surface area (Å²) >= 11 is 0. The summed E-state index contributed by atoms with van der Waals surface area (Å²) in [5, 5.41) is 10.8. The summed E-state index contributed by atoms with van der Waals surface area (Å²) in [5.74, 6) is -1.13. The van der Waals surface area contributed by atoms with Crippen molar-refractivity contribution < 1.29 is 19.4 Å². The molecule has 0 radical (unpaired) electrons. The fourth-order valence-electron chi connectivity index (χ4n) is 5.48. The van der Waals surface area contributed by atoms with Crippen LogP contribution in [0.25, 0.3) is 21.8 Å². The highest BCUT2D eigenvalue weighted by atomic mass is 16.5. The highest BCUT2D eigenvalue weighted by molar-refractivity contribution is 6.20. The standard InChI is InChI=1S/C34H34N2O4/c1-2-3-5-12-25-19-29-33(30(20-25)40-22-31(37)38)32-27(34(35)39)15-9-16-28(32)36(29)21-26-14-8-13-24(18-26)17-23-10-6-4-7-11-23/h4,6-11,13-16,18-20H,2-3,5,12,17,21-22H2,1H3,(H2,35,39)(H,37,38). The van der Waals surface area contributed by atoms with E-state index in [1.807, 2.05) is 24.3 Å². The van der Waals surface area contributed by atoms with E-state index in [0.717, 1.165) is 54.3 Å². The van der Waals surface area contributed by atoms with Crippen LogP contribution in [0.5, 0.6) is 5.75 Å². The number of unbranched alkanes of at least 4 members (excludes halogenated alkanes) is 2. The van der Waals surface area contributed by atoms with Crippen molar-refractivity contribution in [2.75, 3.05) is 6.61 Å². The molecule has 4 aromatic carbocycles. The van der Waals surface area contributed by atoms with Crippen LogP contribution in [0.2, 0.25) is 0 Å². The fraction of sp³-hybridized carbons (Fsp3) is 0.235. The number of carbonyl (C=O) groups excluding carboxylic acids is 1. The highest BCUT2D eigenvalue weighted by Gasteiger charge is 2.21. The summed E-state index contributed by atoms with van der Waals surface area (Å²) in [4.78, 5) is 24.0. The molecule has 0 aliphatic carbocycles. The van der Waals surface area contributed by atoms with Gasteiger partial charge < -0.3 is 20.1 Å². The number of rotatable bonds is 12. The van der Waals surface area contributed by atoms with Gasteiger partial charge in [-0.2, -0.15) is 0 Å². The minimum Gasteiger partial charge on any atom is -0.481 e. The Labute approximate surface area is 234 Å². The molecule has 6 nitrogen and oxygen atoms in total. The Balaban J connectivity index is 1.67. The van der Waals surface area contributed by atoms with Gasteiger partial charge in [0.2, 0.25) is 5.91 Å². The number of carboxylic acids is 1. The number of aromatic nitrogens is 1. The first kappa shape index (κ1) is 27.0. The number of aryl methyl sites for hydroxylation is 1. The summed E-state index contributed by atoms with van der Waals surface area (Å²) in [5.41, 5.74) is 12.6. The first-order chi connectivity index (χ1) is 19.4. The van der Waals surface area contributed by atoms with Gasteiger partial charge >= 0.3 is 5.97 Å². The van der Waals surface area contributed by atoms with Crippen LogP contribution >= 0.6 is 0 Å².